The van der Waals surface area contributed by atoms with Crippen molar-refractivity contribution in [2.75, 3.05) is 38.8 Å². The predicted octanol–water partition coefficient (Wildman–Crippen LogP) is 0.692. The first-order chi connectivity index (χ1) is 10.9. The number of nitrogens with zero attached hydrogens (tertiary/aromatic N) is 1. The summed E-state index contributed by atoms with van der Waals surface area (Å²) in [7, 11) is 0.565. The second-order valence-corrected chi connectivity index (χ2v) is 8.24. The summed E-state index contributed by atoms with van der Waals surface area (Å²) in [5, 5.41) is 10.0. The molecular formula is C16H25NO5S. The van der Waals surface area contributed by atoms with Crippen molar-refractivity contribution in [2.24, 2.45) is 0 Å². The van der Waals surface area contributed by atoms with Crippen molar-refractivity contribution < 1.29 is 23.0 Å². The first-order valence-electron chi connectivity index (χ1n) is 7.69. The molecular weight excluding hydrogens is 318 g/mol. The van der Waals surface area contributed by atoms with E-state index in [-0.39, 0.29) is 24.2 Å². The molecule has 1 saturated heterocycles. The van der Waals surface area contributed by atoms with E-state index in [1.807, 2.05) is 36.2 Å². The maximum atomic E-state index is 11.5. The van der Waals surface area contributed by atoms with Gasteiger partial charge in [0.05, 0.1) is 37.9 Å². The largest absolute Gasteiger partial charge is 0.497 e. The lowest BCUT2D eigenvalue weighted by atomic mass is 10.2. The van der Waals surface area contributed by atoms with Crippen molar-refractivity contribution >= 4 is 9.84 Å². The summed E-state index contributed by atoms with van der Waals surface area (Å²) in [4.78, 5) is 1.91. The normalized spacial score (nSPS) is 21.5. The Bertz CT molecular complexity index is 587. The van der Waals surface area contributed by atoms with Crippen molar-refractivity contribution in [1.29, 1.82) is 0 Å². The third kappa shape index (κ3) is 5.76. The van der Waals surface area contributed by atoms with Gasteiger partial charge < -0.3 is 14.6 Å². The van der Waals surface area contributed by atoms with Gasteiger partial charge in [-0.05, 0) is 31.2 Å². The van der Waals surface area contributed by atoms with Crippen LogP contribution in [-0.4, -0.2) is 69.4 Å². The fraction of sp³-hybridized carbons (Fsp3) is 0.625. The van der Waals surface area contributed by atoms with Gasteiger partial charge in [-0.15, -0.1) is 0 Å². The minimum Gasteiger partial charge on any atom is -0.497 e. The smallest absolute Gasteiger partial charge is 0.151 e. The highest BCUT2D eigenvalue weighted by molar-refractivity contribution is 7.91. The number of aliphatic hydroxyl groups is 1. The first kappa shape index (κ1) is 18.2. The number of benzene rings is 1. The fourth-order valence-corrected chi connectivity index (χ4v) is 4.50. The zero-order valence-electron chi connectivity index (χ0n) is 13.6. The Balaban J connectivity index is 1.69. The maximum absolute atomic E-state index is 11.5. The molecule has 0 aromatic heterocycles. The summed E-state index contributed by atoms with van der Waals surface area (Å²) in [6, 6.07) is 7.56. The Morgan fingerprint density at radius 1 is 1.35 bits per heavy atom. The number of sulfone groups is 1. The summed E-state index contributed by atoms with van der Waals surface area (Å²) >= 11 is 0. The third-order valence-electron chi connectivity index (χ3n) is 4.07. The molecule has 0 bridgehead atoms. The summed E-state index contributed by atoms with van der Waals surface area (Å²) in [5.41, 5.74) is 1.01. The number of likely N-dealkylation sites (N-methyl/N-ethyl adjacent to an activating group) is 1. The van der Waals surface area contributed by atoms with Gasteiger partial charge in [0.25, 0.3) is 0 Å². The van der Waals surface area contributed by atoms with Crippen LogP contribution in [0.15, 0.2) is 24.3 Å². The molecule has 1 heterocycles. The molecule has 1 fully saturated rings. The van der Waals surface area contributed by atoms with Crippen LogP contribution in [0.4, 0.5) is 0 Å². The molecule has 1 aliphatic heterocycles. The Morgan fingerprint density at radius 2 is 2.04 bits per heavy atom. The van der Waals surface area contributed by atoms with Crippen LogP contribution in [0.25, 0.3) is 0 Å². The average Bonchev–Trinajstić information content (AvgIpc) is 2.88. The van der Waals surface area contributed by atoms with E-state index >= 15 is 0 Å². The standard InChI is InChI=1S/C16H25NO5S/c1-17(14-7-8-23(19,20)12-14)9-15(18)11-22-10-13-3-5-16(21-2)6-4-13/h3-6,14-15,18H,7-12H2,1-2H3/t14-,15-/m1/s1. The molecule has 7 heteroatoms. The molecule has 0 aliphatic carbocycles. The summed E-state index contributed by atoms with van der Waals surface area (Å²) < 4.78 is 33.6. The lowest BCUT2D eigenvalue weighted by Crippen LogP contribution is -2.39. The quantitative estimate of drug-likeness (QED) is 0.748. The topological polar surface area (TPSA) is 76.1 Å². The van der Waals surface area contributed by atoms with Gasteiger partial charge in [0.15, 0.2) is 9.84 Å². The van der Waals surface area contributed by atoms with E-state index in [0.717, 1.165) is 11.3 Å². The number of methoxy groups -OCH3 is 1. The van der Waals surface area contributed by atoms with E-state index in [1.165, 1.54) is 0 Å². The average molecular weight is 343 g/mol. The zero-order valence-corrected chi connectivity index (χ0v) is 14.5. The minimum atomic E-state index is -2.90. The van der Waals surface area contributed by atoms with Crippen molar-refractivity contribution in [2.45, 2.75) is 25.2 Å². The highest BCUT2D eigenvalue weighted by Gasteiger charge is 2.31. The number of hydrogen-bond acceptors (Lipinski definition) is 6. The molecule has 130 valence electrons. The van der Waals surface area contributed by atoms with Gasteiger partial charge in [0.1, 0.15) is 5.75 Å². The Labute approximate surface area is 137 Å². The minimum absolute atomic E-state index is 0.00348. The number of aliphatic hydroxyl groups excluding tert-OH is 1. The van der Waals surface area contributed by atoms with Crippen LogP contribution in [0.2, 0.25) is 0 Å². The van der Waals surface area contributed by atoms with Crippen LogP contribution < -0.4 is 4.74 Å². The number of rotatable bonds is 8. The molecule has 1 N–H and O–H groups in total. The van der Waals surface area contributed by atoms with Crippen LogP contribution in [0.1, 0.15) is 12.0 Å². The lowest BCUT2D eigenvalue weighted by Gasteiger charge is -2.25. The van der Waals surface area contributed by atoms with Gasteiger partial charge >= 0.3 is 0 Å². The molecule has 1 aromatic rings. The van der Waals surface area contributed by atoms with Crippen molar-refractivity contribution in [3.05, 3.63) is 29.8 Å². The SMILES string of the molecule is COc1ccc(COC[C@H](O)CN(C)[C@@H]2CCS(=O)(=O)C2)cc1. The number of hydrogen-bond donors (Lipinski definition) is 1. The zero-order chi connectivity index (χ0) is 16.9. The van der Waals surface area contributed by atoms with Crippen LogP contribution >= 0.6 is 0 Å². The van der Waals surface area contributed by atoms with Gasteiger partial charge in [0.2, 0.25) is 0 Å². The second-order valence-electron chi connectivity index (χ2n) is 6.01. The first-order valence-corrected chi connectivity index (χ1v) is 9.51. The van der Waals surface area contributed by atoms with E-state index < -0.39 is 15.9 Å². The molecule has 0 unspecified atom stereocenters. The molecule has 1 aliphatic rings. The Morgan fingerprint density at radius 3 is 2.61 bits per heavy atom. The van der Waals surface area contributed by atoms with Gasteiger partial charge in [-0.3, -0.25) is 4.90 Å². The Hall–Kier alpha value is -1.15. The van der Waals surface area contributed by atoms with Gasteiger partial charge in [-0.25, -0.2) is 8.42 Å². The molecule has 0 spiro atoms. The van der Waals surface area contributed by atoms with E-state index in [1.54, 1.807) is 7.11 Å². The van der Waals surface area contributed by atoms with Crippen molar-refractivity contribution in [1.82, 2.24) is 4.90 Å². The lowest BCUT2D eigenvalue weighted by molar-refractivity contribution is 0.00911. The number of ether oxygens (including phenoxy) is 2. The van der Waals surface area contributed by atoms with Crippen molar-refractivity contribution in [3.8, 4) is 5.75 Å². The molecule has 6 nitrogen and oxygen atoms in total. The van der Waals surface area contributed by atoms with E-state index in [2.05, 4.69) is 0 Å². The molecule has 0 amide bonds. The van der Waals surface area contributed by atoms with E-state index in [9.17, 15) is 13.5 Å². The van der Waals surface area contributed by atoms with Crippen LogP contribution in [-0.2, 0) is 21.2 Å². The molecule has 2 atom stereocenters. The van der Waals surface area contributed by atoms with Crippen LogP contribution in [0, 0.1) is 0 Å². The molecule has 2 rings (SSSR count). The highest BCUT2D eigenvalue weighted by Crippen LogP contribution is 2.17. The van der Waals surface area contributed by atoms with Gasteiger partial charge in [0, 0.05) is 12.6 Å². The highest BCUT2D eigenvalue weighted by atomic mass is 32.2. The molecule has 23 heavy (non-hydrogen) atoms. The summed E-state index contributed by atoms with van der Waals surface area (Å²) in [6.07, 6.45) is -0.000290. The van der Waals surface area contributed by atoms with Crippen molar-refractivity contribution in [3.63, 3.8) is 0 Å². The monoisotopic (exact) mass is 343 g/mol. The summed E-state index contributed by atoms with van der Waals surface area (Å²) in [5.74, 6) is 1.22. The Kier molecular flexibility index (Phi) is 6.41. The van der Waals surface area contributed by atoms with E-state index in [4.69, 9.17) is 9.47 Å². The van der Waals surface area contributed by atoms with Crippen LogP contribution in [0.5, 0.6) is 5.75 Å². The third-order valence-corrected chi connectivity index (χ3v) is 5.82. The summed E-state index contributed by atoms with van der Waals surface area (Å²) in [6.45, 7) is 1.04. The van der Waals surface area contributed by atoms with Gasteiger partial charge in [-0.2, -0.15) is 0 Å². The maximum Gasteiger partial charge on any atom is 0.151 e. The fourth-order valence-electron chi connectivity index (χ4n) is 2.69. The molecule has 1 aromatic carbocycles. The predicted molar refractivity (Wildman–Crippen MR) is 88.3 cm³/mol. The van der Waals surface area contributed by atoms with Crippen LogP contribution in [0.3, 0.4) is 0 Å². The molecule has 0 saturated carbocycles. The van der Waals surface area contributed by atoms with Gasteiger partial charge in [-0.1, -0.05) is 12.1 Å². The molecule has 0 radical (unpaired) electrons. The second kappa shape index (κ2) is 8.10. The van der Waals surface area contributed by atoms with E-state index in [0.29, 0.717) is 19.6 Å².